The van der Waals surface area contributed by atoms with Gasteiger partial charge in [-0.3, -0.25) is 0 Å². The SMILES string of the molecule is CCCCCCOCC(O)CNCCCCCO. The first-order chi connectivity index (χ1) is 8.81. The molecule has 0 saturated heterocycles. The predicted octanol–water partition coefficient (Wildman–Crippen LogP) is 1.70. The third kappa shape index (κ3) is 13.9. The summed E-state index contributed by atoms with van der Waals surface area (Å²) in [5.74, 6) is 0. The molecule has 0 fully saturated rings. The number of aliphatic hydroxyl groups excluding tert-OH is 2. The van der Waals surface area contributed by atoms with Gasteiger partial charge in [0.05, 0.1) is 12.7 Å². The van der Waals surface area contributed by atoms with Crippen LogP contribution in [0, 0.1) is 0 Å². The predicted molar refractivity (Wildman–Crippen MR) is 74.8 cm³/mol. The Morgan fingerprint density at radius 1 is 1.06 bits per heavy atom. The molecule has 0 heterocycles. The van der Waals surface area contributed by atoms with Crippen LogP contribution >= 0.6 is 0 Å². The third-order valence-electron chi connectivity index (χ3n) is 2.84. The molecule has 1 unspecified atom stereocenters. The summed E-state index contributed by atoms with van der Waals surface area (Å²) in [6, 6.07) is 0. The minimum atomic E-state index is -0.408. The summed E-state index contributed by atoms with van der Waals surface area (Å²) >= 11 is 0. The van der Waals surface area contributed by atoms with E-state index < -0.39 is 6.10 Å². The number of aliphatic hydroxyl groups is 2. The number of rotatable bonds is 14. The van der Waals surface area contributed by atoms with Crippen LogP contribution in [0.4, 0.5) is 0 Å². The Kier molecular flexibility index (Phi) is 14.8. The van der Waals surface area contributed by atoms with Crippen molar-refractivity contribution in [2.45, 2.75) is 58.0 Å². The van der Waals surface area contributed by atoms with Gasteiger partial charge in [0.25, 0.3) is 0 Å². The van der Waals surface area contributed by atoms with Crippen molar-refractivity contribution in [3.05, 3.63) is 0 Å². The van der Waals surface area contributed by atoms with Crippen LogP contribution in [0.5, 0.6) is 0 Å². The van der Waals surface area contributed by atoms with Crippen LogP contribution in [0.25, 0.3) is 0 Å². The van der Waals surface area contributed by atoms with Gasteiger partial charge < -0.3 is 20.3 Å². The molecule has 4 heteroatoms. The van der Waals surface area contributed by atoms with Crippen LogP contribution in [-0.4, -0.2) is 49.2 Å². The van der Waals surface area contributed by atoms with E-state index in [2.05, 4.69) is 12.2 Å². The van der Waals surface area contributed by atoms with Crippen molar-refractivity contribution < 1.29 is 14.9 Å². The summed E-state index contributed by atoms with van der Waals surface area (Å²) < 4.78 is 5.41. The molecule has 0 aromatic rings. The number of hydrogen-bond donors (Lipinski definition) is 3. The van der Waals surface area contributed by atoms with Crippen LogP contribution in [0.3, 0.4) is 0 Å². The van der Waals surface area contributed by atoms with Crippen molar-refractivity contribution in [1.29, 1.82) is 0 Å². The molecular weight excluding hydrogens is 230 g/mol. The molecule has 3 N–H and O–H groups in total. The van der Waals surface area contributed by atoms with E-state index in [0.29, 0.717) is 13.2 Å². The fraction of sp³-hybridized carbons (Fsp3) is 1.00. The Hall–Kier alpha value is -0.160. The van der Waals surface area contributed by atoms with Crippen molar-refractivity contribution in [3.63, 3.8) is 0 Å². The van der Waals surface area contributed by atoms with E-state index in [1.807, 2.05) is 0 Å². The summed E-state index contributed by atoms with van der Waals surface area (Å²) in [5.41, 5.74) is 0. The Labute approximate surface area is 112 Å². The number of nitrogens with one attached hydrogen (secondary N) is 1. The molecule has 0 aliphatic carbocycles. The Morgan fingerprint density at radius 2 is 1.83 bits per heavy atom. The summed E-state index contributed by atoms with van der Waals surface area (Å²) in [6.07, 6.45) is 7.35. The molecular formula is C14H31NO3. The zero-order chi connectivity index (χ0) is 13.5. The highest BCUT2D eigenvalue weighted by Crippen LogP contribution is 1.99. The van der Waals surface area contributed by atoms with E-state index in [1.54, 1.807) is 0 Å². The number of ether oxygens (including phenoxy) is 1. The number of hydrogen-bond acceptors (Lipinski definition) is 4. The van der Waals surface area contributed by atoms with E-state index in [4.69, 9.17) is 9.84 Å². The molecule has 0 aliphatic rings. The lowest BCUT2D eigenvalue weighted by molar-refractivity contribution is 0.0355. The van der Waals surface area contributed by atoms with Gasteiger partial charge in [-0.2, -0.15) is 0 Å². The molecule has 0 bridgehead atoms. The molecule has 0 radical (unpaired) electrons. The normalized spacial score (nSPS) is 12.8. The fourth-order valence-electron chi connectivity index (χ4n) is 1.72. The largest absolute Gasteiger partial charge is 0.396 e. The summed E-state index contributed by atoms with van der Waals surface area (Å²) in [4.78, 5) is 0. The first-order valence-electron chi connectivity index (χ1n) is 7.38. The van der Waals surface area contributed by atoms with Gasteiger partial charge in [0.1, 0.15) is 0 Å². The Balaban J connectivity index is 3.10. The average Bonchev–Trinajstić information content (AvgIpc) is 2.38. The lowest BCUT2D eigenvalue weighted by Gasteiger charge is -2.12. The van der Waals surface area contributed by atoms with Gasteiger partial charge in [-0.05, 0) is 32.2 Å². The Morgan fingerprint density at radius 3 is 2.56 bits per heavy atom. The highest BCUT2D eigenvalue weighted by Gasteiger charge is 2.03. The second-order valence-electron chi connectivity index (χ2n) is 4.78. The molecule has 4 nitrogen and oxygen atoms in total. The first kappa shape index (κ1) is 17.8. The van der Waals surface area contributed by atoms with E-state index in [-0.39, 0.29) is 6.61 Å². The van der Waals surface area contributed by atoms with Crippen LogP contribution in [0.1, 0.15) is 51.9 Å². The number of unbranched alkanes of at least 4 members (excludes halogenated alkanes) is 5. The van der Waals surface area contributed by atoms with Crippen LogP contribution in [0.2, 0.25) is 0 Å². The molecule has 18 heavy (non-hydrogen) atoms. The van der Waals surface area contributed by atoms with E-state index >= 15 is 0 Å². The van der Waals surface area contributed by atoms with Crippen molar-refractivity contribution in [1.82, 2.24) is 5.32 Å². The molecule has 0 saturated carbocycles. The standard InChI is InChI=1S/C14H31NO3/c1-2-3-4-8-11-18-13-14(17)12-15-9-6-5-7-10-16/h14-17H,2-13H2,1H3. The molecule has 0 aromatic carbocycles. The summed E-state index contributed by atoms with van der Waals surface area (Å²) in [6.45, 7) is 5.14. The first-order valence-corrected chi connectivity index (χ1v) is 7.38. The van der Waals surface area contributed by atoms with Crippen LogP contribution in [0.15, 0.2) is 0 Å². The maximum atomic E-state index is 9.63. The molecule has 110 valence electrons. The fourth-order valence-corrected chi connectivity index (χ4v) is 1.72. The van der Waals surface area contributed by atoms with E-state index in [0.717, 1.165) is 38.8 Å². The van der Waals surface area contributed by atoms with Gasteiger partial charge >= 0.3 is 0 Å². The van der Waals surface area contributed by atoms with E-state index in [1.165, 1.54) is 19.3 Å². The minimum absolute atomic E-state index is 0.272. The summed E-state index contributed by atoms with van der Waals surface area (Å²) in [5, 5.41) is 21.4. The molecule has 0 rings (SSSR count). The monoisotopic (exact) mass is 261 g/mol. The smallest absolute Gasteiger partial charge is 0.0897 e. The van der Waals surface area contributed by atoms with Gasteiger partial charge in [-0.25, -0.2) is 0 Å². The van der Waals surface area contributed by atoms with Gasteiger partial charge in [-0.15, -0.1) is 0 Å². The minimum Gasteiger partial charge on any atom is -0.396 e. The Bertz CT molecular complexity index is 140. The van der Waals surface area contributed by atoms with Gasteiger partial charge in [0, 0.05) is 19.8 Å². The molecule has 0 amide bonds. The van der Waals surface area contributed by atoms with Crippen molar-refractivity contribution in [2.24, 2.45) is 0 Å². The molecule has 0 aliphatic heterocycles. The van der Waals surface area contributed by atoms with Gasteiger partial charge in [0.2, 0.25) is 0 Å². The molecule has 1 atom stereocenters. The zero-order valence-electron chi connectivity index (χ0n) is 11.9. The maximum Gasteiger partial charge on any atom is 0.0897 e. The average molecular weight is 261 g/mol. The van der Waals surface area contributed by atoms with Gasteiger partial charge in [0.15, 0.2) is 0 Å². The lowest BCUT2D eigenvalue weighted by atomic mass is 10.2. The van der Waals surface area contributed by atoms with Crippen molar-refractivity contribution in [2.75, 3.05) is 32.9 Å². The summed E-state index contributed by atoms with van der Waals surface area (Å²) in [7, 11) is 0. The van der Waals surface area contributed by atoms with Crippen LogP contribution < -0.4 is 5.32 Å². The van der Waals surface area contributed by atoms with Crippen molar-refractivity contribution >= 4 is 0 Å². The van der Waals surface area contributed by atoms with Crippen LogP contribution in [-0.2, 0) is 4.74 Å². The zero-order valence-corrected chi connectivity index (χ0v) is 11.9. The highest BCUT2D eigenvalue weighted by atomic mass is 16.5. The maximum absolute atomic E-state index is 9.63. The van der Waals surface area contributed by atoms with E-state index in [9.17, 15) is 5.11 Å². The highest BCUT2D eigenvalue weighted by molar-refractivity contribution is 4.58. The lowest BCUT2D eigenvalue weighted by Crippen LogP contribution is -2.31. The quantitative estimate of drug-likeness (QED) is 0.417. The van der Waals surface area contributed by atoms with Gasteiger partial charge in [-0.1, -0.05) is 26.2 Å². The molecule has 0 aromatic heterocycles. The third-order valence-corrected chi connectivity index (χ3v) is 2.84. The topological polar surface area (TPSA) is 61.7 Å². The second-order valence-corrected chi connectivity index (χ2v) is 4.78. The van der Waals surface area contributed by atoms with Crippen molar-refractivity contribution in [3.8, 4) is 0 Å². The second kappa shape index (κ2) is 14.9. The molecule has 0 spiro atoms.